The molecule has 5 nitrogen and oxygen atoms in total. The number of sulfone groups is 1. The van der Waals surface area contributed by atoms with Crippen LogP contribution in [0.15, 0.2) is 27.6 Å². The van der Waals surface area contributed by atoms with Gasteiger partial charge >= 0.3 is 5.97 Å². The van der Waals surface area contributed by atoms with E-state index in [1.165, 1.54) is 19.1 Å². The number of benzene rings is 1. The second-order valence-corrected chi connectivity index (χ2v) is 6.53. The molecule has 1 heterocycles. The van der Waals surface area contributed by atoms with Crippen LogP contribution in [0.3, 0.4) is 0 Å². The van der Waals surface area contributed by atoms with Crippen LogP contribution >= 0.6 is 23.2 Å². The molecule has 1 aromatic carbocycles. The van der Waals surface area contributed by atoms with Crippen LogP contribution in [0.4, 0.5) is 5.69 Å². The first-order valence-corrected chi connectivity index (χ1v) is 7.33. The molecule has 19 heavy (non-hydrogen) atoms. The summed E-state index contributed by atoms with van der Waals surface area (Å²) in [7, 11) is -2.90. The minimum atomic E-state index is -4.01. The topological polar surface area (TPSA) is 72.5 Å². The van der Waals surface area contributed by atoms with E-state index in [2.05, 4.69) is 10.1 Å². The van der Waals surface area contributed by atoms with Crippen LogP contribution in [0, 0.1) is 0 Å². The van der Waals surface area contributed by atoms with Crippen LogP contribution in [0.5, 0.6) is 0 Å². The summed E-state index contributed by atoms with van der Waals surface area (Å²) >= 11 is 11.7. The van der Waals surface area contributed by atoms with Gasteiger partial charge in [0, 0.05) is 10.7 Å². The van der Waals surface area contributed by atoms with E-state index in [1.807, 2.05) is 0 Å². The van der Waals surface area contributed by atoms with Gasteiger partial charge in [-0.25, -0.2) is 13.2 Å². The van der Waals surface area contributed by atoms with E-state index >= 15 is 0 Å². The number of methoxy groups -OCH3 is 1. The van der Waals surface area contributed by atoms with E-state index in [-0.39, 0.29) is 26.3 Å². The molecule has 0 amide bonds. The number of anilines is 1. The molecule has 0 unspecified atom stereocenters. The van der Waals surface area contributed by atoms with Gasteiger partial charge in [-0.15, -0.1) is 0 Å². The Bertz CT molecular complexity index is 710. The largest absolute Gasteiger partial charge is 0.465 e. The Kier molecular flexibility index (Phi) is 3.51. The van der Waals surface area contributed by atoms with Crippen LogP contribution in [0.1, 0.15) is 6.92 Å². The van der Waals surface area contributed by atoms with Crippen LogP contribution in [-0.2, 0) is 19.4 Å². The maximum absolute atomic E-state index is 12.4. The molecule has 8 heteroatoms. The molecule has 0 spiro atoms. The highest BCUT2D eigenvalue weighted by atomic mass is 35.5. The summed E-state index contributed by atoms with van der Waals surface area (Å²) in [6.45, 7) is 1.46. The van der Waals surface area contributed by atoms with Gasteiger partial charge in [-0.2, -0.15) is 0 Å². The molecule has 0 atom stereocenters. The zero-order chi connectivity index (χ0) is 14.4. The Morgan fingerprint density at radius 1 is 1.32 bits per heavy atom. The third-order valence-corrected chi connectivity index (χ3v) is 5.03. The second kappa shape index (κ2) is 4.70. The van der Waals surface area contributed by atoms with E-state index in [9.17, 15) is 13.2 Å². The third kappa shape index (κ3) is 2.20. The predicted molar refractivity (Wildman–Crippen MR) is 72.0 cm³/mol. The maximum atomic E-state index is 12.4. The zero-order valence-electron chi connectivity index (χ0n) is 9.95. The summed E-state index contributed by atoms with van der Waals surface area (Å²) in [5.74, 6) is -0.938. The number of esters is 1. The molecule has 1 N–H and O–H groups in total. The number of rotatable bonds is 1. The summed E-state index contributed by atoms with van der Waals surface area (Å²) < 4.78 is 29.3. The normalized spacial score (nSPS) is 16.6. The van der Waals surface area contributed by atoms with Crippen LogP contribution in [-0.4, -0.2) is 21.5 Å². The van der Waals surface area contributed by atoms with Crippen molar-refractivity contribution in [2.24, 2.45) is 0 Å². The first-order valence-electron chi connectivity index (χ1n) is 5.09. The van der Waals surface area contributed by atoms with E-state index in [0.717, 1.165) is 7.11 Å². The highest BCUT2D eigenvalue weighted by molar-refractivity contribution is 7.96. The Hall–Kier alpha value is -1.24. The lowest BCUT2D eigenvalue weighted by Gasteiger charge is -2.22. The van der Waals surface area contributed by atoms with Crippen molar-refractivity contribution in [2.45, 2.75) is 11.8 Å². The molecule has 1 aliphatic rings. The molecule has 0 bridgehead atoms. The molecule has 1 aromatic rings. The number of fused-ring (bicyclic) bond motifs is 1. The summed E-state index contributed by atoms with van der Waals surface area (Å²) in [6.07, 6.45) is 0. The molecular formula is C11H9Cl2NO4S. The Balaban J connectivity index is 2.78. The van der Waals surface area contributed by atoms with Gasteiger partial charge in [0.15, 0.2) is 4.91 Å². The molecular weight excluding hydrogens is 313 g/mol. The van der Waals surface area contributed by atoms with Gasteiger partial charge < -0.3 is 10.1 Å². The molecule has 102 valence electrons. The maximum Gasteiger partial charge on any atom is 0.351 e. The minimum Gasteiger partial charge on any atom is -0.465 e. The number of carbonyl (C=O) groups excluding carboxylic acids is 1. The fourth-order valence-electron chi connectivity index (χ4n) is 1.79. The first-order chi connectivity index (χ1) is 8.78. The number of allylic oxidation sites excluding steroid dienone is 1. The van der Waals surface area contributed by atoms with Crippen molar-refractivity contribution >= 4 is 44.7 Å². The molecule has 0 saturated heterocycles. The van der Waals surface area contributed by atoms with Gasteiger partial charge in [-0.05, 0) is 19.1 Å². The molecule has 0 aromatic heterocycles. The molecule has 0 saturated carbocycles. The summed E-state index contributed by atoms with van der Waals surface area (Å²) in [5, 5.41) is 3.11. The summed E-state index contributed by atoms with van der Waals surface area (Å²) in [4.78, 5) is 11.0. The minimum absolute atomic E-state index is 0.143. The average molecular weight is 322 g/mol. The van der Waals surface area contributed by atoms with E-state index < -0.39 is 20.7 Å². The van der Waals surface area contributed by atoms with Crippen molar-refractivity contribution in [1.29, 1.82) is 0 Å². The second-order valence-electron chi connectivity index (χ2n) is 3.83. The lowest BCUT2D eigenvalue weighted by molar-refractivity contribution is -0.135. The van der Waals surface area contributed by atoms with Gasteiger partial charge in [-0.1, -0.05) is 23.2 Å². The summed E-state index contributed by atoms with van der Waals surface area (Å²) in [5.41, 5.74) is 0.361. The predicted octanol–water partition coefficient (Wildman–Crippen LogP) is 2.60. The lowest BCUT2D eigenvalue weighted by Crippen LogP contribution is -2.24. The quantitative estimate of drug-likeness (QED) is 0.805. The van der Waals surface area contributed by atoms with Gasteiger partial charge in [0.05, 0.1) is 22.7 Å². The molecule has 0 fully saturated rings. The van der Waals surface area contributed by atoms with Gasteiger partial charge in [0.1, 0.15) is 0 Å². The lowest BCUT2D eigenvalue weighted by atomic mass is 10.3. The first kappa shape index (κ1) is 14.2. The number of hydrogen-bond acceptors (Lipinski definition) is 5. The molecule has 2 rings (SSSR count). The van der Waals surface area contributed by atoms with Gasteiger partial charge in [0.25, 0.3) is 0 Å². The molecule has 0 radical (unpaired) electrons. The average Bonchev–Trinajstić information content (AvgIpc) is 2.30. The van der Waals surface area contributed by atoms with Crippen molar-refractivity contribution in [1.82, 2.24) is 0 Å². The standard InChI is InChI=1S/C11H9Cl2NO4S/c1-5-10(11(15)18-2)19(16,17)8-4-6(12)3-7(13)9(8)14-5/h3-4,14H,1-2H3. The molecule has 0 aliphatic carbocycles. The number of ether oxygens (including phenoxy) is 1. The fraction of sp³-hybridized carbons (Fsp3) is 0.182. The Labute approximate surface area is 120 Å². The fourth-order valence-corrected chi connectivity index (χ4v) is 4.14. The number of carbonyl (C=O) groups is 1. The number of nitrogens with one attached hydrogen (secondary N) is 1. The highest BCUT2D eigenvalue weighted by Gasteiger charge is 2.37. The SMILES string of the molecule is COC(=O)C1=C(C)Nc2c(Cl)cc(Cl)cc2S1(=O)=O. The number of halogens is 2. The third-order valence-electron chi connectivity index (χ3n) is 2.60. The van der Waals surface area contributed by atoms with Crippen LogP contribution in [0.2, 0.25) is 10.0 Å². The zero-order valence-corrected chi connectivity index (χ0v) is 12.3. The van der Waals surface area contributed by atoms with Crippen LogP contribution in [0.25, 0.3) is 0 Å². The summed E-state index contributed by atoms with van der Waals surface area (Å²) in [6, 6.07) is 2.65. The van der Waals surface area contributed by atoms with E-state index in [1.54, 1.807) is 0 Å². The van der Waals surface area contributed by atoms with Crippen molar-refractivity contribution < 1.29 is 17.9 Å². The Morgan fingerprint density at radius 2 is 1.95 bits per heavy atom. The van der Waals surface area contributed by atoms with Crippen molar-refractivity contribution in [3.8, 4) is 0 Å². The monoisotopic (exact) mass is 321 g/mol. The number of hydrogen-bond donors (Lipinski definition) is 1. The van der Waals surface area contributed by atoms with Crippen LogP contribution < -0.4 is 5.32 Å². The van der Waals surface area contributed by atoms with E-state index in [0.29, 0.717) is 0 Å². The Morgan fingerprint density at radius 3 is 2.53 bits per heavy atom. The van der Waals surface area contributed by atoms with Gasteiger partial charge in [0.2, 0.25) is 9.84 Å². The smallest absolute Gasteiger partial charge is 0.351 e. The van der Waals surface area contributed by atoms with Gasteiger partial charge in [-0.3, -0.25) is 0 Å². The van der Waals surface area contributed by atoms with Crippen molar-refractivity contribution in [3.05, 3.63) is 32.8 Å². The van der Waals surface area contributed by atoms with Crippen molar-refractivity contribution in [3.63, 3.8) is 0 Å². The molecule has 1 aliphatic heterocycles. The highest BCUT2D eigenvalue weighted by Crippen LogP contribution is 2.40. The van der Waals surface area contributed by atoms with Crippen molar-refractivity contribution in [2.75, 3.05) is 12.4 Å². The van der Waals surface area contributed by atoms with E-state index in [4.69, 9.17) is 23.2 Å².